The summed E-state index contributed by atoms with van der Waals surface area (Å²) in [4.78, 5) is 13.0. The molecular weight excluding hydrogens is 302 g/mol. The summed E-state index contributed by atoms with van der Waals surface area (Å²) in [6, 6.07) is 17.5. The number of hydrogen-bond acceptors (Lipinski definition) is 3. The normalized spacial score (nSPS) is 21.2. The summed E-state index contributed by atoms with van der Waals surface area (Å²) in [5.41, 5.74) is -0.752. The first-order chi connectivity index (χ1) is 11.6. The molecule has 1 fully saturated rings. The predicted octanol–water partition coefficient (Wildman–Crippen LogP) is 2.34. The first-order valence-corrected chi connectivity index (χ1v) is 8.45. The molecule has 1 aliphatic carbocycles. The number of nitrogens with one attached hydrogen (secondary N) is 1. The molecule has 2 unspecified atom stereocenters. The Morgan fingerprint density at radius 3 is 1.92 bits per heavy atom. The van der Waals surface area contributed by atoms with E-state index >= 15 is 0 Å². The van der Waals surface area contributed by atoms with Gasteiger partial charge in [0.15, 0.2) is 5.60 Å². The first-order valence-electron chi connectivity index (χ1n) is 8.45. The molecule has 0 radical (unpaired) electrons. The molecule has 0 spiro atoms. The van der Waals surface area contributed by atoms with Gasteiger partial charge in [-0.2, -0.15) is 0 Å². The number of amides is 1. The molecule has 3 rings (SSSR count). The third-order valence-electron chi connectivity index (χ3n) is 4.76. The van der Waals surface area contributed by atoms with Crippen molar-refractivity contribution in [1.29, 1.82) is 0 Å². The summed E-state index contributed by atoms with van der Waals surface area (Å²) in [6.07, 6.45) is 2.79. The third kappa shape index (κ3) is 3.21. The molecule has 0 bridgehead atoms. The number of benzene rings is 2. The van der Waals surface area contributed by atoms with Crippen LogP contribution < -0.4 is 5.32 Å². The van der Waals surface area contributed by atoms with Crippen molar-refractivity contribution in [2.45, 2.75) is 43.4 Å². The smallest absolute Gasteiger partial charge is 0.261 e. The van der Waals surface area contributed by atoms with Crippen LogP contribution in [0.5, 0.6) is 0 Å². The van der Waals surface area contributed by atoms with Gasteiger partial charge in [-0.3, -0.25) is 4.79 Å². The molecule has 1 amide bonds. The van der Waals surface area contributed by atoms with E-state index < -0.39 is 17.6 Å². The van der Waals surface area contributed by atoms with Crippen molar-refractivity contribution >= 4 is 5.91 Å². The van der Waals surface area contributed by atoms with E-state index in [2.05, 4.69) is 5.32 Å². The van der Waals surface area contributed by atoms with Gasteiger partial charge in [0.05, 0.1) is 12.1 Å². The Balaban J connectivity index is 1.94. The maximum Gasteiger partial charge on any atom is 0.261 e. The van der Waals surface area contributed by atoms with E-state index in [0.29, 0.717) is 17.5 Å². The molecule has 2 atom stereocenters. The van der Waals surface area contributed by atoms with Gasteiger partial charge in [0, 0.05) is 0 Å². The van der Waals surface area contributed by atoms with Crippen molar-refractivity contribution in [3.8, 4) is 0 Å². The standard InChI is InChI=1S/C20H23NO3/c22-18-14-8-7-13-17(18)21-19(23)20(24,15-9-3-1-4-10-15)16-11-5-2-6-12-16/h1-6,9-12,17-18,22,24H,7-8,13-14H2,(H,21,23). The van der Waals surface area contributed by atoms with E-state index in [1.165, 1.54) is 0 Å². The summed E-state index contributed by atoms with van der Waals surface area (Å²) < 4.78 is 0. The van der Waals surface area contributed by atoms with Gasteiger partial charge in [-0.05, 0) is 24.0 Å². The minimum atomic E-state index is -1.78. The summed E-state index contributed by atoms with van der Waals surface area (Å²) >= 11 is 0. The monoisotopic (exact) mass is 325 g/mol. The fourth-order valence-electron chi connectivity index (χ4n) is 3.34. The van der Waals surface area contributed by atoms with Crippen LogP contribution in [0.4, 0.5) is 0 Å². The first kappa shape index (κ1) is 16.7. The molecule has 0 aromatic heterocycles. The molecule has 4 heteroatoms. The maximum atomic E-state index is 13.0. The molecule has 0 aliphatic heterocycles. The Hall–Kier alpha value is -2.17. The largest absolute Gasteiger partial charge is 0.391 e. The minimum absolute atomic E-state index is 0.315. The van der Waals surface area contributed by atoms with Gasteiger partial charge in [-0.25, -0.2) is 0 Å². The Morgan fingerprint density at radius 1 is 0.917 bits per heavy atom. The molecule has 2 aromatic carbocycles. The molecule has 126 valence electrons. The molecule has 0 heterocycles. The van der Waals surface area contributed by atoms with Crippen LogP contribution >= 0.6 is 0 Å². The van der Waals surface area contributed by atoms with Crippen LogP contribution in [0.1, 0.15) is 36.8 Å². The van der Waals surface area contributed by atoms with Crippen molar-refractivity contribution in [3.63, 3.8) is 0 Å². The Kier molecular flexibility index (Phi) is 4.97. The zero-order chi connectivity index (χ0) is 17.0. The number of carbonyl (C=O) groups excluding carboxylic acids is 1. The highest BCUT2D eigenvalue weighted by atomic mass is 16.3. The quantitative estimate of drug-likeness (QED) is 0.808. The SMILES string of the molecule is O=C(NC1CCCCC1O)C(O)(c1ccccc1)c1ccccc1. The highest BCUT2D eigenvalue weighted by Gasteiger charge is 2.41. The second kappa shape index (κ2) is 7.16. The Morgan fingerprint density at radius 2 is 1.42 bits per heavy atom. The van der Waals surface area contributed by atoms with E-state index in [-0.39, 0.29) is 6.04 Å². The van der Waals surface area contributed by atoms with Crippen LogP contribution in [0.25, 0.3) is 0 Å². The molecule has 0 saturated heterocycles. The van der Waals surface area contributed by atoms with E-state index in [1.54, 1.807) is 48.5 Å². The molecule has 1 aliphatic rings. The van der Waals surface area contributed by atoms with Crippen LogP contribution in [-0.2, 0) is 10.4 Å². The lowest BCUT2D eigenvalue weighted by molar-refractivity contribution is -0.138. The lowest BCUT2D eigenvalue weighted by Gasteiger charge is -2.33. The molecule has 3 N–H and O–H groups in total. The van der Waals surface area contributed by atoms with Crippen LogP contribution in [0.3, 0.4) is 0 Å². The number of aliphatic hydroxyl groups is 2. The third-order valence-corrected chi connectivity index (χ3v) is 4.76. The average Bonchev–Trinajstić information content (AvgIpc) is 2.64. The van der Waals surface area contributed by atoms with Crippen LogP contribution in [-0.4, -0.2) is 28.3 Å². The van der Waals surface area contributed by atoms with Crippen molar-refractivity contribution in [2.75, 3.05) is 0 Å². The highest BCUT2D eigenvalue weighted by molar-refractivity contribution is 5.90. The number of carbonyl (C=O) groups is 1. The second-order valence-electron chi connectivity index (χ2n) is 6.37. The van der Waals surface area contributed by atoms with Gasteiger partial charge in [-0.1, -0.05) is 73.5 Å². The van der Waals surface area contributed by atoms with Gasteiger partial charge < -0.3 is 15.5 Å². The zero-order valence-corrected chi connectivity index (χ0v) is 13.6. The van der Waals surface area contributed by atoms with E-state index in [9.17, 15) is 15.0 Å². The van der Waals surface area contributed by atoms with Gasteiger partial charge >= 0.3 is 0 Å². The van der Waals surface area contributed by atoms with E-state index in [4.69, 9.17) is 0 Å². The van der Waals surface area contributed by atoms with Crippen molar-refractivity contribution in [2.24, 2.45) is 0 Å². The lowest BCUT2D eigenvalue weighted by atomic mass is 9.84. The van der Waals surface area contributed by atoms with Gasteiger partial charge in [0.2, 0.25) is 0 Å². The van der Waals surface area contributed by atoms with Crippen molar-refractivity contribution in [3.05, 3.63) is 71.8 Å². The van der Waals surface area contributed by atoms with Crippen molar-refractivity contribution in [1.82, 2.24) is 5.32 Å². The molecule has 2 aromatic rings. The van der Waals surface area contributed by atoms with Gasteiger partial charge in [0.1, 0.15) is 0 Å². The van der Waals surface area contributed by atoms with Crippen LogP contribution in [0.15, 0.2) is 60.7 Å². The number of rotatable bonds is 4. The van der Waals surface area contributed by atoms with Crippen molar-refractivity contribution < 1.29 is 15.0 Å². The zero-order valence-electron chi connectivity index (χ0n) is 13.6. The summed E-state index contributed by atoms with van der Waals surface area (Å²) in [6.45, 7) is 0. The fraction of sp³-hybridized carbons (Fsp3) is 0.350. The molecule has 1 saturated carbocycles. The predicted molar refractivity (Wildman–Crippen MR) is 92.3 cm³/mol. The average molecular weight is 325 g/mol. The second-order valence-corrected chi connectivity index (χ2v) is 6.37. The highest BCUT2D eigenvalue weighted by Crippen LogP contribution is 2.30. The number of hydrogen-bond donors (Lipinski definition) is 3. The Bertz CT molecular complexity index is 632. The number of aliphatic hydroxyl groups excluding tert-OH is 1. The lowest BCUT2D eigenvalue weighted by Crippen LogP contribution is -2.53. The van der Waals surface area contributed by atoms with Gasteiger partial charge in [-0.15, -0.1) is 0 Å². The molecular formula is C20H23NO3. The summed E-state index contributed by atoms with van der Waals surface area (Å²) in [5, 5.41) is 24.3. The van der Waals surface area contributed by atoms with Gasteiger partial charge in [0.25, 0.3) is 5.91 Å². The summed E-state index contributed by atoms with van der Waals surface area (Å²) in [7, 11) is 0. The topological polar surface area (TPSA) is 69.6 Å². The Labute approximate surface area is 142 Å². The van der Waals surface area contributed by atoms with Crippen LogP contribution in [0.2, 0.25) is 0 Å². The van der Waals surface area contributed by atoms with E-state index in [0.717, 1.165) is 19.3 Å². The fourth-order valence-corrected chi connectivity index (χ4v) is 3.34. The maximum absolute atomic E-state index is 13.0. The van der Waals surface area contributed by atoms with Crippen LogP contribution in [0, 0.1) is 0 Å². The van der Waals surface area contributed by atoms with E-state index in [1.807, 2.05) is 12.1 Å². The molecule has 4 nitrogen and oxygen atoms in total. The molecule has 24 heavy (non-hydrogen) atoms. The summed E-state index contributed by atoms with van der Waals surface area (Å²) in [5.74, 6) is -0.495. The minimum Gasteiger partial charge on any atom is -0.391 e.